The van der Waals surface area contributed by atoms with Gasteiger partial charge in [0.1, 0.15) is 0 Å². The summed E-state index contributed by atoms with van der Waals surface area (Å²) in [5.74, 6) is 0. The fourth-order valence-electron chi connectivity index (χ4n) is 3.91. The molecule has 0 spiro atoms. The predicted octanol–water partition coefficient (Wildman–Crippen LogP) is 3.42. The van der Waals surface area contributed by atoms with E-state index in [9.17, 15) is 0 Å². The fraction of sp³-hybridized carbons (Fsp3) is 1.00. The Labute approximate surface area is 114 Å². The van der Waals surface area contributed by atoms with Crippen molar-refractivity contribution in [2.45, 2.75) is 77.8 Å². The molecule has 0 aromatic carbocycles. The van der Waals surface area contributed by atoms with E-state index in [1.165, 1.54) is 58.2 Å². The summed E-state index contributed by atoms with van der Waals surface area (Å²) in [5.41, 5.74) is 0.953. The average molecular weight is 252 g/mol. The molecule has 106 valence electrons. The summed E-state index contributed by atoms with van der Waals surface area (Å²) < 4.78 is 0. The summed E-state index contributed by atoms with van der Waals surface area (Å²) in [5, 5.41) is 3.83. The number of hydrogen-bond donors (Lipinski definition) is 1. The maximum absolute atomic E-state index is 3.83. The zero-order valence-corrected chi connectivity index (χ0v) is 12.9. The molecule has 1 saturated carbocycles. The van der Waals surface area contributed by atoms with Gasteiger partial charge in [-0.05, 0) is 57.0 Å². The van der Waals surface area contributed by atoms with E-state index in [-0.39, 0.29) is 0 Å². The first kappa shape index (κ1) is 14.3. The molecule has 1 saturated heterocycles. The van der Waals surface area contributed by atoms with Crippen LogP contribution in [0.1, 0.15) is 66.2 Å². The van der Waals surface area contributed by atoms with Gasteiger partial charge in [0.15, 0.2) is 0 Å². The van der Waals surface area contributed by atoms with Gasteiger partial charge >= 0.3 is 0 Å². The van der Waals surface area contributed by atoms with Crippen LogP contribution in [0.5, 0.6) is 0 Å². The lowest BCUT2D eigenvalue weighted by molar-refractivity contribution is 0.142. The lowest BCUT2D eigenvalue weighted by atomic mass is 9.90. The fourth-order valence-corrected chi connectivity index (χ4v) is 3.91. The Morgan fingerprint density at radius 3 is 2.50 bits per heavy atom. The van der Waals surface area contributed by atoms with Crippen molar-refractivity contribution in [3.63, 3.8) is 0 Å². The van der Waals surface area contributed by atoms with E-state index < -0.39 is 0 Å². The van der Waals surface area contributed by atoms with Crippen molar-refractivity contribution in [2.75, 3.05) is 19.6 Å². The molecule has 0 bridgehead atoms. The molecule has 0 aromatic rings. The van der Waals surface area contributed by atoms with Crippen molar-refractivity contribution in [3.05, 3.63) is 0 Å². The van der Waals surface area contributed by atoms with Crippen molar-refractivity contribution in [1.29, 1.82) is 0 Å². The molecular formula is C16H32N2. The molecule has 0 aromatic heterocycles. The first-order valence-corrected chi connectivity index (χ1v) is 7.99. The Hall–Kier alpha value is -0.0800. The van der Waals surface area contributed by atoms with Crippen LogP contribution >= 0.6 is 0 Å². The second-order valence-electron chi connectivity index (χ2n) is 7.30. The molecule has 0 amide bonds. The van der Waals surface area contributed by atoms with Crippen LogP contribution < -0.4 is 5.32 Å². The van der Waals surface area contributed by atoms with Crippen molar-refractivity contribution >= 4 is 0 Å². The molecule has 1 heterocycles. The summed E-state index contributed by atoms with van der Waals surface area (Å²) in [6.07, 6.45) is 8.06. The van der Waals surface area contributed by atoms with Crippen LogP contribution in [-0.2, 0) is 0 Å². The topological polar surface area (TPSA) is 15.3 Å². The average Bonchev–Trinajstić information content (AvgIpc) is 2.61. The molecule has 1 N–H and O–H groups in total. The number of nitrogens with one attached hydrogen (secondary N) is 1. The number of rotatable bonds is 3. The highest BCUT2D eigenvalue weighted by atomic mass is 15.2. The minimum absolute atomic E-state index is 0.378. The van der Waals surface area contributed by atoms with Gasteiger partial charge in [-0.25, -0.2) is 0 Å². The van der Waals surface area contributed by atoms with Crippen LogP contribution in [0.25, 0.3) is 0 Å². The van der Waals surface area contributed by atoms with Gasteiger partial charge in [-0.3, -0.25) is 4.90 Å². The summed E-state index contributed by atoms with van der Waals surface area (Å²) in [7, 11) is 0. The van der Waals surface area contributed by atoms with Crippen molar-refractivity contribution in [1.82, 2.24) is 10.2 Å². The highest BCUT2D eigenvalue weighted by molar-refractivity contribution is 4.96. The van der Waals surface area contributed by atoms with E-state index in [0.29, 0.717) is 11.0 Å². The van der Waals surface area contributed by atoms with Crippen molar-refractivity contribution in [3.8, 4) is 0 Å². The lowest BCUT2D eigenvalue weighted by Crippen LogP contribution is -2.52. The number of hydrogen-bond acceptors (Lipinski definition) is 2. The number of nitrogens with zero attached hydrogens (tertiary/aromatic N) is 1. The third-order valence-corrected chi connectivity index (χ3v) is 5.44. The maximum atomic E-state index is 3.83. The smallest absolute Gasteiger partial charge is 0.0303 e. The van der Waals surface area contributed by atoms with Crippen LogP contribution in [0.4, 0.5) is 0 Å². The van der Waals surface area contributed by atoms with Crippen LogP contribution in [-0.4, -0.2) is 36.1 Å². The molecular weight excluding hydrogens is 220 g/mol. The Bertz CT molecular complexity index is 268. The minimum atomic E-state index is 0.378. The molecule has 1 unspecified atom stereocenters. The standard InChI is InChI=1S/C16H32N2/c1-5-16(6-2)13-18(11-7-10-17-16)14-8-9-15(3,4)12-14/h14,17H,5-13H2,1-4H3. The Morgan fingerprint density at radius 2 is 1.94 bits per heavy atom. The first-order valence-electron chi connectivity index (χ1n) is 7.99. The van der Waals surface area contributed by atoms with E-state index in [4.69, 9.17) is 0 Å². The zero-order chi connectivity index (χ0) is 13.2. The van der Waals surface area contributed by atoms with E-state index in [0.717, 1.165) is 6.04 Å². The summed E-state index contributed by atoms with van der Waals surface area (Å²) in [6.45, 7) is 13.3. The van der Waals surface area contributed by atoms with Gasteiger partial charge in [-0.15, -0.1) is 0 Å². The van der Waals surface area contributed by atoms with Crippen LogP contribution in [0, 0.1) is 5.41 Å². The molecule has 1 aliphatic heterocycles. The molecule has 1 atom stereocenters. The molecule has 1 aliphatic carbocycles. The molecule has 2 fully saturated rings. The minimum Gasteiger partial charge on any atom is -0.310 e. The molecule has 2 rings (SSSR count). The predicted molar refractivity (Wildman–Crippen MR) is 78.9 cm³/mol. The van der Waals surface area contributed by atoms with Crippen LogP contribution in [0.2, 0.25) is 0 Å². The van der Waals surface area contributed by atoms with E-state index in [2.05, 4.69) is 37.9 Å². The molecule has 0 radical (unpaired) electrons. The Morgan fingerprint density at radius 1 is 1.22 bits per heavy atom. The summed E-state index contributed by atoms with van der Waals surface area (Å²) >= 11 is 0. The lowest BCUT2D eigenvalue weighted by Gasteiger charge is -2.38. The van der Waals surface area contributed by atoms with Crippen LogP contribution in [0.15, 0.2) is 0 Å². The quantitative estimate of drug-likeness (QED) is 0.828. The first-order chi connectivity index (χ1) is 8.50. The van der Waals surface area contributed by atoms with E-state index in [1.54, 1.807) is 0 Å². The van der Waals surface area contributed by atoms with Gasteiger partial charge in [-0.2, -0.15) is 0 Å². The molecule has 2 heteroatoms. The van der Waals surface area contributed by atoms with Crippen molar-refractivity contribution < 1.29 is 0 Å². The van der Waals surface area contributed by atoms with Gasteiger partial charge in [0.05, 0.1) is 0 Å². The van der Waals surface area contributed by atoms with Gasteiger partial charge in [-0.1, -0.05) is 27.7 Å². The second-order valence-corrected chi connectivity index (χ2v) is 7.30. The zero-order valence-electron chi connectivity index (χ0n) is 12.9. The van der Waals surface area contributed by atoms with Gasteiger partial charge < -0.3 is 5.32 Å². The van der Waals surface area contributed by atoms with Gasteiger partial charge in [0.25, 0.3) is 0 Å². The monoisotopic (exact) mass is 252 g/mol. The maximum Gasteiger partial charge on any atom is 0.0303 e. The molecule has 2 aliphatic rings. The van der Waals surface area contributed by atoms with Crippen molar-refractivity contribution in [2.24, 2.45) is 5.41 Å². The van der Waals surface area contributed by atoms with Gasteiger partial charge in [0, 0.05) is 18.1 Å². The Balaban J connectivity index is 2.03. The molecule has 18 heavy (non-hydrogen) atoms. The third kappa shape index (κ3) is 3.08. The molecule has 2 nitrogen and oxygen atoms in total. The highest BCUT2D eigenvalue weighted by Gasteiger charge is 2.38. The third-order valence-electron chi connectivity index (χ3n) is 5.44. The van der Waals surface area contributed by atoms with E-state index >= 15 is 0 Å². The van der Waals surface area contributed by atoms with Gasteiger partial charge in [0.2, 0.25) is 0 Å². The van der Waals surface area contributed by atoms with Crippen LogP contribution in [0.3, 0.4) is 0 Å². The summed E-state index contributed by atoms with van der Waals surface area (Å²) in [4.78, 5) is 2.81. The SMILES string of the molecule is CCC1(CC)CN(C2CCC(C)(C)C2)CCCN1. The Kier molecular flexibility index (Phi) is 4.38. The normalized spacial score (nSPS) is 32.3. The highest BCUT2D eigenvalue weighted by Crippen LogP contribution is 2.40. The van der Waals surface area contributed by atoms with E-state index in [1.807, 2.05) is 0 Å². The summed E-state index contributed by atoms with van der Waals surface area (Å²) in [6, 6.07) is 0.845. The second kappa shape index (κ2) is 5.50. The largest absolute Gasteiger partial charge is 0.310 e.